The Bertz CT molecular complexity index is 588. The monoisotopic (exact) mass is 291 g/mol. The van der Waals surface area contributed by atoms with Crippen LogP contribution in [0.1, 0.15) is 23.7 Å². The summed E-state index contributed by atoms with van der Waals surface area (Å²) >= 11 is 1.28. The number of pyridine rings is 1. The zero-order valence-corrected chi connectivity index (χ0v) is 10.8. The number of rotatable bonds is 3. The number of aryl methyl sites for hydroxylation is 1. The molecule has 0 amide bonds. The Hall–Kier alpha value is -1.70. The minimum Gasteiger partial charge on any atom is -0.371 e. The first-order valence-corrected chi connectivity index (χ1v) is 6.16. The maximum absolute atomic E-state index is 13.4. The SMILES string of the molecule is Cc1csc(C(C)Nc2c(F)c(F)nc(F)c2F)n1. The summed E-state index contributed by atoms with van der Waals surface area (Å²) in [4.78, 5) is 6.60. The zero-order chi connectivity index (χ0) is 14.2. The minimum atomic E-state index is -1.69. The lowest BCUT2D eigenvalue weighted by Gasteiger charge is -2.14. The highest BCUT2D eigenvalue weighted by Gasteiger charge is 2.22. The molecule has 1 atom stereocenters. The molecule has 3 nitrogen and oxygen atoms in total. The van der Waals surface area contributed by atoms with E-state index in [1.165, 1.54) is 11.3 Å². The molecule has 0 fully saturated rings. The summed E-state index contributed by atoms with van der Waals surface area (Å²) in [5.74, 6) is -6.49. The van der Waals surface area contributed by atoms with Crippen molar-refractivity contribution in [3.63, 3.8) is 0 Å². The Morgan fingerprint density at radius 1 is 1.11 bits per heavy atom. The van der Waals surface area contributed by atoms with E-state index in [-0.39, 0.29) is 0 Å². The molecule has 2 aromatic rings. The van der Waals surface area contributed by atoms with Gasteiger partial charge in [-0.25, -0.2) is 4.98 Å². The third-order valence-corrected chi connectivity index (χ3v) is 3.51. The van der Waals surface area contributed by atoms with Gasteiger partial charge in [0, 0.05) is 11.1 Å². The van der Waals surface area contributed by atoms with Crippen molar-refractivity contribution in [1.82, 2.24) is 9.97 Å². The molecule has 19 heavy (non-hydrogen) atoms. The van der Waals surface area contributed by atoms with Crippen LogP contribution in [0.25, 0.3) is 0 Å². The van der Waals surface area contributed by atoms with E-state index in [1.807, 2.05) is 0 Å². The van der Waals surface area contributed by atoms with Gasteiger partial charge >= 0.3 is 0 Å². The van der Waals surface area contributed by atoms with E-state index in [0.29, 0.717) is 5.01 Å². The van der Waals surface area contributed by atoms with Crippen molar-refractivity contribution in [3.8, 4) is 0 Å². The van der Waals surface area contributed by atoms with E-state index < -0.39 is 35.3 Å². The normalized spacial score (nSPS) is 12.5. The van der Waals surface area contributed by atoms with Crippen molar-refractivity contribution in [1.29, 1.82) is 0 Å². The lowest BCUT2D eigenvalue weighted by atomic mass is 10.3. The van der Waals surface area contributed by atoms with E-state index in [1.54, 1.807) is 19.2 Å². The summed E-state index contributed by atoms with van der Waals surface area (Å²) in [5, 5.41) is 4.68. The Balaban J connectivity index is 2.33. The molecule has 0 aliphatic carbocycles. The second-order valence-electron chi connectivity index (χ2n) is 3.89. The highest BCUT2D eigenvalue weighted by molar-refractivity contribution is 7.09. The van der Waals surface area contributed by atoms with Crippen molar-refractivity contribution >= 4 is 17.0 Å². The summed E-state index contributed by atoms with van der Waals surface area (Å²) in [6.07, 6.45) is 0. The van der Waals surface area contributed by atoms with Crippen LogP contribution in [0.2, 0.25) is 0 Å². The number of halogens is 4. The van der Waals surface area contributed by atoms with Gasteiger partial charge in [0.05, 0.1) is 6.04 Å². The molecular weight excluding hydrogens is 282 g/mol. The Labute approximate surface area is 110 Å². The van der Waals surface area contributed by atoms with Crippen LogP contribution in [0.4, 0.5) is 23.2 Å². The lowest BCUT2D eigenvalue weighted by molar-refractivity contribution is 0.410. The number of anilines is 1. The second kappa shape index (κ2) is 5.12. The van der Waals surface area contributed by atoms with Crippen LogP contribution >= 0.6 is 11.3 Å². The van der Waals surface area contributed by atoms with Gasteiger partial charge in [0.1, 0.15) is 10.7 Å². The van der Waals surface area contributed by atoms with E-state index in [4.69, 9.17) is 0 Å². The van der Waals surface area contributed by atoms with Gasteiger partial charge in [-0.1, -0.05) is 0 Å². The molecule has 0 aliphatic rings. The molecule has 2 rings (SSSR count). The fourth-order valence-corrected chi connectivity index (χ4v) is 2.27. The van der Waals surface area contributed by atoms with Gasteiger partial charge in [-0.2, -0.15) is 22.5 Å². The van der Waals surface area contributed by atoms with Crippen LogP contribution in [-0.4, -0.2) is 9.97 Å². The average Bonchev–Trinajstić information content (AvgIpc) is 2.79. The van der Waals surface area contributed by atoms with Crippen LogP contribution in [0.3, 0.4) is 0 Å². The van der Waals surface area contributed by atoms with Gasteiger partial charge in [0.15, 0.2) is 0 Å². The van der Waals surface area contributed by atoms with Crippen LogP contribution in [-0.2, 0) is 0 Å². The first-order chi connectivity index (χ1) is 8.90. The van der Waals surface area contributed by atoms with E-state index in [0.717, 1.165) is 5.69 Å². The summed E-state index contributed by atoms with van der Waals surface area (Å²) < 4.78 is 52.7. The Morgan fingerprint density at radius 3 is 2.16 bits per heavy atom. The van der Waals surface area contributed by atoms with Gasteiger partial charge in [-0.15, -0.1) is 11.3 Å². The Kier molecular flexibility index (Phi) is 3.70. The van der Waals surface area contributed by atoms with Gasteiger partial charge in [-0.05, 0) is 13.8 Å². The van der Waals surface area contributed by atoms with Crippen LogP contribution < -0.4 is 5.32 Å². The molecule has 0 radical (unpaired) electrons. The molecule has 0 saturated heterocycles. The van der Waals surface area contributed by atoms with E-state index in [9.17, 15) is 17.6 Å². The third kappa shape index (κ3) is 2.67. The highest BCUT2D eigenvalue weighted by Crippen LogP contribution is 2.27. The molecule has 8 heteroatoms. The molecule has 0 aromatic carbocycles. The molecule has 1 N–H and O–H groups in total. The molecular formula is C11H9F4N3S. The molecule has 0 aliphatic heterocycles. The summed E-state index contributed by atoms with van der Waals surface area (Å²) in [5.41, 5.74) is -0.132. The van der Waals surface area contributed by atoms with Crippen molar-refractivity contribution in [2.75, 3.05) is 5.32 Å². The smallest absolute Gasteiger partial charge is 0.253 e. The first-order valence-electron chi connectivity index (χ1n) is 5.28. The summed E-state index contributed by atoms with van der Waals surface area (Å²) in [7, 11) is 0. The fourth-order valence-electron chi connectivity index (χ4n) is 1.46. The number of thiazole rings is 1. The number of nitrogens with zero attached hydrogens (tertiary/aromatic N) is 2. The largest absolute Gasteiger partial charge is 0.371 e. The lowest BCUT2D eigenvalue weighted by Crippen LogP contribution is -2.13. The number of aromatic nitrogens is 2. The van der Waals surface area contributed by atoms with Crippen LogP contribution in [0, 0.1) is 30.5 Å². The molecule has 0 spiro atoms. The van der Waals surface area contributed by atoms with Gasteiger partial charge in [0.25, 0.3) is 11.9 Å². The van der Waals surface area contributed by atoms with E-state index >= 15 is 0 Å². The van der Waals surface area contributed by atoms with Gasteiger partial charge < -0.3 is 5.32 Å². The topological polar surface area (TPSA) is 37.8 Å². The average molecular weight is 291 g/mol. The van der Waals surface area contributed by atoms with Gasteiger partial charge in [0.2, 0.25) is 11.6 Å². The molecule has 0 bridgehead atoms. The number of nitrogens with one attached hydrogen (secondary N) is 1. The standard InChI is InChI=1S/C11H9F4N3S/c1-4-3-19-11(16-4)5(2)17-8-6(12)9(14)18-10(15)7(8)13/h3,5H,1-2H3,(H,17,18). The fraction of sp³-hybridized carbons (Fsp3) is 0.273. The number of hydrogen-bond acceptors (Lipinski definition) is 4. The van der Waals surface area contributed by atoms with Gasteiger partial charge in [-0.3, -0.25) is 0 Å². The van der Waals surface area contributed by atoms with Crippen LogP contribution in [0.15, 0.2) is 5.38 Å². The quantitative estimate of drug-likeness (QED) is 0.694. The van der Waals surface area contributed by atoms with Crippen molar-refractivity contribution in [2.24, 2.45) is 0 Å². The third-order valence-electron chi connectivity index (χ3n) is 2.37. The Morgan fingerprint density at radius 2 is 1.68 bits per heavy atom. The molecule has 102 valence electrons. The van der Waals surface area contributed by atoms with Crippen molar-refractivity contribution < 1.29 is 17.6 Å². The molecule has 2 aromatic heterocycles. The van der Waals surface area contributed by atoms with Crippen molar-refractivity contribution in [3.05, 3.63) is 39.6 Å². The predicted octanol–water partition coefficient (Wildman–Crippen LogP) is 3.58. The summed E-state index contributed by atoms with van der Waals surface area (Å²) in [6.45, 7) is 3.34. The molecule has 2 heterocycles. The highest BCUT2D eigenvalue weighted by atomic mass is 32.1. The van der Waals surface area contributed by atoms with E-state index in [2.05, 4.69) is 15.3 Å². The zero-order valence-electron chi connectivity index (χ0n) is 9.97. The summed E-state index contributed by atoms with van der Waals surface area (Å²) in [6, 6.07) is -0.594. The molecule has 0 saturated carbocycles. The van der Waals surface area contributed by atoms with Crippen LogP contribution in [0.5, 0.6) is 0 Å². The molecule has 1 unspecified atom stereocenters. The minimum absolute atomic E-state index is 0.550. The predicted molar refractivity (Wildman–Crippen MR) is 63.0 cm³/mol. The second-order valence-corrected chi connectivity index (χ2v) is 4.78. The van der Waals surface area contributed by atoms with Crippen molar-refractivity contribution in [2.45, 2.75) is 19.9 Å². The number of hydrogen-bond donors (Lipinski definition) is 1. The maximum atomic E-state index is 13.4. The first kappa shape index (κ1) is 13.7. The maximum Gasteiger partial charge on any atom is 0.253 e.